The Bertz CT molecular complexity index is 346. The summed E-state index contributed by atoms with van der Waals surface area (Å²) in [5, 5.41) is 0. The third-order valence-electron chi connectivity index (χ3n) is 2.00. The van der Waals surface area contributed by atoms with Crippen LogP contribution in [0.3, 0.4) is 0 Å². The maximum atomic E-state index is 5.37. The summed E-state index contributed by atoms with van der Waals surface area (Å²) < 4.78 is 5.37. The molecule has 1 heterocycles. The molecular formula is C13H12NO. The maximum Gasteiger partial charge on any atom is 0.213 e. The van der Waals surface area contributed by atoms with Crippen LogP contribution in [0.5, 0.6) is 5.88 Å². The van der Waals surface area contributed by atoms with Crippen LogP contribution in [-0.2, 0) is 6.42 Å². The Labute approximate surface area is 89.6 Å². The van der Waals surface area contributed by atoms with E-state index in [1.165, 1.54) is 5.56 Å². The first-order valence-corrected chi connectivity index (χ1v) is 4.88. The number of nitrogens with zero attached hydrogens (tertiary/aromatic N) is 1. The highest BCUT2D eigenvalue weighted by atomic mass is 16.5. The lowest BCUT2D eigenvalue weighted by Crippen LogP contribution is -1.95. The van der Waals surface area contributed by atoms with Gasteiger partial charge < -0.3 is 4.74 Å². The maximum absolute atomic E-state index is 5.37. The normalized spacial score (nSPS) is 9.87. The van der Waals surface area contributed by atoms with Crippen molar-refractivity contribution in [2.45, 2.75) is 6.42 Å². The number of hydrogen-bond donors (Lipinski definition) is 0. The molecule has 0 N–H and O–H groups in total. The molecule has 2 rings (SSSR count). The van der Waals surface area contributed by atoms with Gasteiger partial charge in [0.2, 0.25) is 5.88 Å². The van der Waals surface area contributed by atoms with Crippen molar-refractivity contribution in [2.24, 2.45) is 0 Å². The highest BCUT2D eigenvalue weighted by molar-refractivity contribution is 5.16. The Morgan fingerprint density at radius 1 is 1.00 bits per heavy atom. The Morgan fingerprint density at radius 2 is 1.80 bits per heavy atom. The summed E-state index contributed by atoms with van der Waals surface area (Å²) in [6.07, 6.45) is 2.50. The molecule has 2 heteroatoms. The van der Waals surface area contributed by atoms with Gasteiger partial charge in [-0.15, -0.1) is 0 Å². The third-order valence-corrected chi connectivity index (χ3v) is 2.00. The van der Waals surface area contributed by atoms with Crippen molar-refractivity contribution in [3.8, 4) is 5.88 Å². The van der Waals surface area contributed by atoms with Crippen molar-refractivity contribution in [1.82, 2.24) is 4.98 Å². The van der Waals surface area contributed by atoms with Gasteiger partial charge in [-0.2, -0.15) is 0 Å². The Balaban J connectivity index is 1.81. The Morgan fingerprint density at radius 3 is 2.53 bits per heavy atom. The minimum Gasteiger partial charge on any atom is -0.470 e. The van der Waals surface area contributed by atoms with Crippen molar-refractivity contribution in [3.63, 3.8) is 0 Å². The molecule has 0 aliphatic heterocycles. The predicted octanol–water partition coefficient (Wildman–Crippen LogP) is 2.86. The number of hydrogen-bond acceptors (Lipinski definition) is 2. The van der Waals surface area contributed by atoms with Crippen LogP contribution in [0.15, 0.2) is 54.7 Å². The van der Waals surface area contributed by atoms with Crippen LogP contribution in [0.25, 0.3) is 0 Å². The predicted molar refractivity (Wildman–Crippen MR) is 59.3 cm³/mol. The van der Waals surface area contributed by atoms with Gasteiger partial charge in [-0.25, -0.2) is 4.98 Å². The lowest BCUT2D eigenvalue weighted by molar-refractivity contribution is 0.386. The van der Waals surface area contributed by atoms with Gasteiger partial charge in [0.1, 0.15) is 6.61 Å². The van der Waals surface area contributed by atoms with Crippen LogP contribution < -0.4 is 4.74 Å². The first-order valence-electron chi connectivity index (χ1n) is 4.88. The topological polar surface area (TPSA) is 22.1 Å². The average Bonchev–Trinajstić information content (AvgIpc) is 2.32. The van der Waals surface area contributed by atoms with Crippen molar-refractivity contribution in [2.75, 3.05) is 0 Å². The Hall–Kier alpha value is -1.83. The fourth-order valence-corrected chi connectivity index (χ4v) is 1.25. The average molecular weight is 198 g/mol. The van der Waals surface area contributed by atoms with Crippen LogP contribution in [0.2, 0.25) is 0 Å². The highest BCUT2D eigenvalue weighted by Crippen LogP contribution is 2.07. The molecular weight excluding hydrogens is 186 g/mol. The molecule has 0 fully saturated rings. The summed E-state index contributed by atoms with van der Waals surface area (Å²) in [4.78, 5) is 4.06. The first kappa shape index (κ1) is 9.71. The van der Waals surface area contributed by atoms with Crippen LogP contribution in [0.4, 0.5) is 0 Å². The molecule has 2 aromatic rings. The number of benzene rings is 1. The van der Waals surface area contributed by atoms with Gasteiger partial charge in [-0.3, -0.25) is 0 Å². The molecule has 2 nitrogen and oxygen atoms in total. The van der Waals surface area contributed by atoms with Gasteiger partial charge in [0.25, 0.3) is 0 Å². The van der Waals surface area contributed by atoms with Gasteiger partial charge in [0.05, 0.1) is 0 Å². The summed E-state index contributed by atoms with van der Waals surface area (Å²) in [7, 11) is 0. The molecule has 0 saturated carbocycles. The van der Waals surface area contributed by atoms with Crippen molar-refractivity contribution in [3.05, 3.63) is 66.9 Å². The summed E-state index contributed by atoms with van der Waals surface area (Å²) in [5.41, 5.74) is 1.23. The molecule has 0 amide bonds. The van der Waals surface area contributed by atoms with Gasteiger partial charge in [-0.1, -0.05) is 36.4 Å². The molecule has 0 bridgehead atoms. The van der Waals surface area contributed by atoms with Crippen LogP contribution >= 0.6 is 0 Å². The zero-order valence-corrected chi connectivity index (χ0v) is 8.34. The van der Waals surface area contributed by atoms with Crippen LogP contribution in [-0.4, -0.2) is 4.98 Å². The zero-order valence-electron chi connectivity index (χ0n) is 8.34. The summed E-state index contributed by atoms with van der Waals surface area (Å²) in [5.74, 6) is 0.633. The minimum absolute atomic E-state index is 0.633. The summed E-state index contributed by atoms with van der Waals surface area (Å²) >= 11 is 0. The van der Waals surface area contributed by atoms with Gasteiger partial charge in [0.15, 0.2) is 0 Å². The molecule has 75 valence electrons. The van der Waals surface area contributed by atoms with E-state index in [1.54, 1.807) is 12.8 Å². The molecule has 0 atom stereocenters. The minimum atomic E-state index is 0.633. The SMILES string of the molecule is [CH](Cc1ccccc1)Oc1ccccn1. The van der Waals surface area contributed by atoms with E-state index >= 15 is 0 Å². The highest BCUT2D eigenvalue weighted by Gasteiger charge is 1.95. The van der Waals surface area contributed by atoms with Crippen molar-refractivity contribution in [1.29, 1.82) is 0 Å². The molecule has 0 spiro atoms. The van der Waals surface area contributed by atoms with E-state index in [9.17, 15) is 0 Å². The fraction of sp³-hybridized carbons (Fsp3) is 0.0769. The van der Waals surface area contributed by atoms with E-state index in [4.69, 9.17) is 4.74 Å². The van der Waals surface area contributed by atoms with Crippen LogP contribution in [0.1, 0.15) is 5.56 Å². The van der Waals surface area contributed by atoms with E-state index < -0.39 is 0 Å². The first-order chi connectivity index (χ1) is 7.45. The molecule has 0 aliphatic carbocycles. The van der Waals surface area contributed by atoms with E-state index in [1.807, 2.05) is 36.4 Å². The van der Waals surface area contributed by atoms with Gasteiger partial charge in [0, 0.05) is 18.7 Å². The second-order valence-corrected chi connectivity index (χ2v) is 3.14. The lowest BCUT2D eigenvalue weighted by Gasteiger charge is -2.03. The van der Waals surface area contributed by atoms with Crippen molar-refractivity contribution >= 4 is 0 Å². The molecule has 0 aliphatic rings. The molecule has 0 saturated heterocycles. The fourth-order valence-electron chi connectivity index (χ4n) is 1.25. The molecule has 1 aromatic heterocycles. The number of aromatic nitrogens is 1. The second-order valence-electron chi connectivity index (χ2n) is 3.14. The molecule has 1 aromatic carbocycles. The standard InChI is InChI=1S/C13H12NO/c1-2-6-12(7-3-1)9-11-15-13-8-4-5-10-14-13/h1-8,10-11H,9H2. The Kier molecular flexibility index (Phi) is 3.34. The van der Waals surface area contributed by atoms with Crippen LogP contribution in [0, 0.1) is 6.61 Å². The van der Waals surface area contributed by atoms with Gasteiger partial charge in [-0.05, 0) is 11.6 Å². The largest absolute Gasteiger partial charge is 0.470 e. The quantitative estimate of drug-likeness (QED) is 0.753. The zero-order chi connectivity index (χ0) is 10.3. The third kappa shape index (κ3) is 3.09. The number of ether oxygens (including phenoxy) is 1. The van der Waals surface area contributed by atoms with E-state index in [-0.39, 0.29) is 0 Å². The van der Waals surface area contributed by atoms with Crippen molar-refractivity contribution < 1.29 is 4.74 Å². The van der Waals surface area contributed by atoms with E-state index in [0.29, 0.717) is 5.88 Å². The smallest absolute Gasteiger partial charge is 0.213 e. The summed E-state index contributed by atoms with van der Waals surface area (Å²) in [6, 6.07) is 15.8. The van der Waals surface area contributed by atoms with E-state index in [2.05, 4.69) is 17.1 Å². The number of rotatable bonds is 4. The second kappa shape index (κ2) is 5.15. The monoisotopic (exact) mass is 198 g/mol. The number of pyridine rings is 1. The van der Waals surface area contributed by atoms with Gasteiger partial charge >= 0.3 is 0 Å². The van der Waals surface area contributed by atoms with E-state index in [0.717, 1.165) is 6.42 Å². The summed E-state index contributed by atoms with van der Waals surface area (Å²) in [6.45, 7) is 1.76. The molecule has 15 heavy (non-hydrogen) atoms. The lowest BCUT2D eigenvalue weighted by atomic mass is 10.2. The molecule has 0 unspecified atom stereocenters. The molecule has 1 radical (unpaired) electrons.